The third-order valence-corrected chi connectivity index (χ3v) is 2.19. The molecule has 0 spiro atoms. The van der Waals surface area contributed by atoms with Gasteiger partial charge in [0.1, 0.15) is 0 Å². The second-order valence-corrected chi connectivity index (χ2v) is 3.29. The van der Waals surface area contributed by atoms with Crippen molar-refractivity contribution >= 4 is 0 Å². The highest BCUT2D eigenvalue weighted by molar-refractivity contribution is 5.38. The Hall–Kier alpha value is -1.07. The zero-order valence-corrected chi connectivity index (χ0v) is 8.17. The van der Waals surface area contributed by atoms with Gasteiger partial charge in [0, 0.05) is 6.54 Å². The number of rotatable bonds is 2. The zero-order chi connectivity index (χ0) is 11.6. The summed E-state index contributed by atoms with van der Waals surface area (Å²) in [6.07, 6.45) is -5.74. The molecule has 1 atom stereocenters. The largest absolute Gasteiger partial charge is 0.416 e. The molecule has 1 aromatic carbocycles. The Morgan fingerprint density at radius 3 is 2.47 bits per heavy atom. The molecule has 1 rings (SSSR count). The van der Waals surface area contributed by atoms with Gasteiger partial charge in [-0.1, -0.05) is 12.1 Å². The maximum Gasteiger partial charge on any atom is 0.416 e. The molecule has 3 N–H and O–H groups in total. The van der Waals surface area contributed by atoms with Crippen molar-refractivity contribution in [2.75, 3.05) is 6.54 Å². The molecule has 0 saturated heterocycles. The van der Waals surface area contributed by atoms with Crippen LogP contribution in [0.2, 0.25) is 0 Å². The highest BCUT2D eigenvalue weighted by Gasteiger charge is 2.35. The Labute approximate surface area is 85.5 Å². The molecule has 0 radical (unpaired) electrons. The van der Waals surface area contributed by atoms with Crippen molar-refractivity contribution in [2.24, 2.45) is 5.73 Å². The molecule has 1 aromatic rings. The summed E-state index contributed by atoms with van der Waals surface area (Å²) < 4.78 is 37.7. The van der Waals surface area contributed by atoms with Crippen molar-refractivity contribution in [1.82, 2.24) is 0 Å². The van der Waals surface area contributed by atoms with Crippen LogP contribution in [0, 0.1) is 6.92 Å². The average molecular weight is 219 g/mol. The van der Waals surface area contributed by atoms with E-state index in [4.69, 9.17) is 5.73 Å². The second kappa shape index (κ2) is 4.20. The van der Waals surface area contributed by atoms with E-state index in [2.05, 4.69) is 0 Å². The maximum absolute atomic E-state index is 12.6. The van der Waals surface area contributed by atoms with Gasteiger partial charge in [-0.3, -0.25) is 0 Å². The van der Waals surface area contributed by atoms with E-state index >= 15 is 0 Å². The monoisotopic (exact) mass is 219 g/mol. The summed E-state index contributed by atoms with van der Waals surface area (Å²) in [6, 6.07) is 3.77. The summed E-state index contributed by atoms with van der Waals surface area (Å²) >= 11 is 0. The Morgan fingerprint density at radius 1 is 1.40 bits per heavy atom. The molecule has 0 amide bonds. The van der Waals surface area contributed by atoms with Crippen molar-refractivity contribution in [3.8, 4) is 0 Å². The predicted octanol–water partition coefficient (Wildman–Crippen LogP) is 2.01. The first-order valence-electron chi connectivity index (χ1n) is 4.42. The first kappa shape index (κ1) is 12.0. The summed E-state index contributed by atoms with van der Waals surface area (Å²) in [6.45, 7) is 1.29. The lowest BCUT2D eigenvalue weighted by Gasteiger charge is -2.18. The number of aryl methyl sites for hydroxylation is 1. The van der Waals surface area contributed by atoms with Gasteiger partial charge in [0.2, 0.25) is 0 Å². The lowest BCUT2D eigenvalue weighted by molar-refractivity contribution is -0.139. The number of hydrogen-bond donors (Lipinski definition) is 2. The fourth-order valence-electron chi connectivity index (χ4n) is 1.49. The molecule has 84 valence electrons. The van der Waals surface area contributed by atoms with Gasteiger partial charge in [-0.15, -0.1) is 0 Å². The van der Waals surface area contributed by atoms with E-state index < -0.39 is 17.8 Å². The van der Waals surface area contributed by atoms with Crippen LogP contribution in [0.15, 0.2) is 18.2 Å². The second-order valence-electron chi connectivity index (χ2n) is 3.29. The number of alkyl halides is 3. The standard InChI is InChI=1S/C10H12F3NO/c1-6-3-2-4-7(10(11,12)13)9(6)8(15)5-14/h2-4,8,15H,5,14H2,1H3. The van der Waals surface area contributed by atoms with E-state index in [1.807, 2.05) is 0 Å². The van der Waals surface area contributed by atoms with Crippen LogP contribution in [0.1, 0.15) is 22.8 Å². The van der Waals surface area contributed by atoms with E-state index in [0.29, 0.717) is 5.56 Å². The van der Waals surface area contributed by atoms with Gasteiger partial charge in [0.05, 0.1) is 11.7 Å². The normalized spacial score (nSPS) is 14.0. The average Bonchev–Trinajstić information content (AvgIpc) is 2.15. The molecule has 0 aliphatic carbocycles. The Kier molecular flexibility index (Phi) is 3.36. The molecule has 0 saturated carbocycles. The van der Waals surface area contributed by atoms with Crippen molar-refractivity contribution in [3.05, 3.63) is 34.9 Å². The smallest absolute Gasteiger partial charge is 0.387 e. The highest BCUT2D eigenvalue weighted by Crippen LogP contribution is 2.35. The van der Waals surface area contributed by atoms with Crippen LogP contribution in [0.25, 0.3) is 0 Å². The molecule has 5 heteroatoms. The number of benzene rings is 1. The highest BCUT2D eigenvalue weighted by atomic mass is 19.4. The van der Waals surface area contributed by atoms with Gasteiger partial charge in [-0.25, -0.2) is 0 Å². The van der Waals surface area contributed by atoms with Crippen molar-refractivity contribution < 1.29 is 18.3 Å². The SMILES string of the molecule is Cc1cccc(C(F)(F)F)c1C(O)CN. The number of nitrogens with two attached hydrogens (primary N) is 1. The topological polar surface area (TPSA) is 46.2 Å². The predicted molar refractivity (Wildman–Crippen MR) is 50.2 cm³/mol. The minimum absolute atomic E-state index is 0.132. The summed E-state index contributed by atoms with van der Waals surface area (Å²) in [5.41, 5.74) is 4.61. The maximum atomic E-state index is 12.6. The van der Waals surface area contributed by atoms with Crippen LogP contribution in [0.3, 0.4) is 0 Å². The third-order valence-electron chi connectivity index (χ3n) is 2.19. The molecule has 15 heavy (non-hydrogen) atoms. The van der Waals surface area contributed by atoms with E-state index in [9.17, 15) is 18.3 Å². The van der Waals surface area contributed by atoms with E-state index in [0.717, 1.165) is 6.07 Å². The van der Waals surface area contributed by atoms with E-state index in [1.54, 1.807) is 0 Å². The third kappa shape index (κ3) is 2.49. The molecule has 0 heterocycles. The van der Waals surface area contributed by atoms with Gasteiger partial charge >= 0.3 is 6.18 Å². The van der Waals surface area contributed by atoms with Gasteiger partial charge in [-0.2, -0.15) is 13.2 Å². The first-order valence-corrected chi connectivity index (χ1v) is 4.42. The minimum Gasteiger partial charge on any atom is -0.387 e. The summed E-state index contributed by atoms with van der Waals surface area (Å²) in [5.74, 6) is 0. The number of aliphatic hydroxyl groups is 1. The Morgan fingerprint density at radius 2 is 2.00 bits per heavy atom. The van der Waals surface area contributed by atoms with E-state index in [1.165, 1.54) is 19.1 Å². The van der Waals surface area contributed by atoms with Crippen molar-refractivity contribution in [1.29, 1.82) is 0 Å². The van der Waals surface area contributed by atoms with Crippen LogP contribution in [0.4, 0.5) is 13.2 Å². The minimum atomic E-state index is -4.46. The Bertz CT molecular complexity index is 349. The molecule has 0 bridgehead atoms. The van der Waals surface area contributed by atoms with Crippen LogP contribution < -0.4 is 5.73 Å². The lowest BCUT2D eigenvalue weighted by atomic mass is 9.97. The number of hydrogen-bond acceptors (Lipinski definition) is 2. The molecule has 1 unspecified atom stereocenters. The van der Waals surface area contributed by atoms with Crippen LogP contribution in [-0.2, 0) is 6.18 Å². The van der Waals surface area contributed by atoms with E-state index in [-0.39, 0.29) is 12.1 Å². The lowest BCUT2D eigenvalue weighted by Crippen LogP contribution is -2.18. The molecular formula is C10H12F3NO. The Balaban J connectivity index is 3.33. The summed E-state index contributed by atoms with van der Waals surface area (Å²) in [5, 5.41) is 9.43. The molecular weight excluding hydrogens is 207 g/mol. The van der Waals surface area contributed by atoms with Crippen LogP contribution >= 0.6 is 0 Å². The molecule has 0 aliphatic heterocycles. The van der Waals surface area contributed by atoms with Gasteiger partial charge in [0.25, 0.3) is 0 Å². The molecule has 0 aliphatic rings. The van der Waals surface area contributed by atoms with Crippen molar-refractivity contribution in [3.63, 3.8) is 0 Å². The van der Waals surface area contributed by atoms with Gasteiger partial charge in [0.15, 0.2) is 0 Å². The molecule has 2 nitrogen and oxygen atoms in total. The first-order chi connectivity index (χ1) is 6.88. The summed E-state index contributed by atoms with van der Waals surface area (Å²) in [7, 11) is 0. The molecule has 0 aromatic heterocycles. The van der Waals surface area contributed by atoms with Crippen molar-refractivity contribution in [2.45, 2.75) is 19.2 Å². The van der Waals surface area contributed by atoms with Gasteiger partial charge < -0.3 is 10.8 Å². The van der Waals surface area contributed by atoms with Crippen LogP contribution in [0.5, 0.6) is 0 Å². The quantitative estimate of drug-likeness (QED) is 0.799. The fraction of sp³-hybridized carbons (Fsp3) is 0.400. The number of aliphatic hydroxyl groups excluding tert-OH is 1. The zero-order valence-electron chi connectivity index (χ0n) is 8.17. The molecule has 0 fully saturated rings. The van der Waals surface area contributed by atoms with Gasteiger partial charge in [-0.05, 0) is 24.1 Å². The fourth-order valence-corrected chi connectivity index (χ4v) is 1.49. The summed E-state index contributed by atoms with van der Waals surface area (Å²) in [4.78, 5) is 0. The number of halogens is 3. The van der Waals surface area contributed by atoms with Crippen LogP contribution in [-0.4, -0.2) is 11.7 Å².